The molecule has 0 aliphatic carbocycles. The van der Waals surface area contributed by atoms with Crippen LogP contribution in [-0.4, -0.2) is 142 Å². The van der Waals surface area contributed by atoms with Gasteiger partial charge in [0.05, 0.1) is 19.8 Å². The average Bonchev–Trinajstić information content (AvgIpc) is 3.39. The Morgan fingerprint density at radius 3 is 1.30 bits per heavy atom. The number of ether oxygens (including phenoxy) is 6. The molecule has 74 heavy (non-hydrogen) atoms. The molecule has 15 heteroatoms. The SMILES string of the molecule is CC/C=C/C/C=C/C/C=C/C/C=C/C/C=C/C/C=C/CCC(=O)OC[C@@H](CO[C@@H]1O[C@H](CO[C@@H]2O[C@H](CO)[C@H](O)C(O)C2O)[C@H](O)C(O)C1O)OC(=O)CCCCC/C=C/C/C=C/C/C=C/C/C=C/C/C=C/CC. The molecule has 0 saturated carbocycles. The van der Waals surface area contributed by atoms with Gasteiger partial charge < -0.3 is 64.2 Å². The Morgan fingerprint density at radius 2 is 0.838 bits per heavy atom. The Kier molecular flexibility index (Phi) is 39.0. The summed E-state index contributed by atoms with van der Waals surface area (Å²) in [6, 6.07) is 0. The summed E-state index contributed by atoms with van der Waals surface area (Å²) in [5.74, 6) is -1.08. The Bertz CT molecular complexity index is 1790. The third-order valence-electron chi connectivity index (χ3n) is 11.6. The minimum Gasteiger partial charge on any atom is -0.462 e. The van der Waals surface area contributed by atoms with Crippen LogP contribution in [0, 0.1) is 0 Å². The first-order chi connectivity index (χ1) is 36.0. The second-order valence-corrected chi connectivity index (χ2v) is 17.9. The van der Waals surface area contributed by atoms with Crippen molar-refractivity contribution in [3.05, 3.63) is 134 Å². The molecule has 416 valence electrons. The van der Waals surface area contributed by atoms with Crippen molar-refractivity contribution in [1.29, 1.82) is 0 Å². The van der Waals surface area contributed by atoms with Gasteiger partial charge in [-0.25, -0.2) is 0 Å². The molecule has 0 bridgehead atoms. The number of esters is 2. The Morgan fingerprint density at radius 1 is 0.432 bits per heavy atom. The van der Waals surface area contributed by atoms with Gasteiger partial charge in [0.1, 0.15) is 55.4 Å². The molecular weight excluding hydrogens is 949 g/mol. The summed E-state index contributed by atoms with van der Waals surface area (Å²) in [7, 11) is 0. The van der Waals surface area contributed by atoms with Gasteiger partial charge in [-0.15, -0.1) is 0 Å². The second-order valence-electron chi connectivity index (χ2n) is 17.9. The van der Waals surface area contributed by atoms with Crippen molar-refractivity contribution in [2.45, 2.75) is 197 Å². The van der Waals surface area contributed by atoms with Crippen LogP contribution in [0.5, 0.6) is 0 Å². The van der Waals surface area contributed by atoms with E-state index < -0.39 is 99.3 Å². The monoisotopic (exact) mass is 1040 g/mol. The Labute approximate surface area is 441 Å². The molecule has 7 N–H and O–H groups in total. The average molecular weight is 1040 g/mol. The van der Waals surface area contributed by atoms with Gasteiger partial charge in [-0.1, -0.05) is 154 Å². The van der Waals surface area contributed by atoms with Crippen LogP contribution < -0.4 is 0 Å². The molecule has 0 aromatic carbocycles. The van der Waals surface area contributed by atoms with Crippen molar-refractivity contribution in [2.24, 2.45) is 0 Å². The number of hydrogen-bond acceptors (Lipinski definition) is 15. The van der Waals surface area contributed by atoms with E-state index in [0.717, 1.165) is 83.5 Å². The van der Waals surface area contributed by atoms with E-state index in [1.54, 1.807) is 0 Å². The van der Waals surface area contributed by atoms with Crippen LogP contribution in [0.1, 0.15) is 129 Å². The molecule has 2 rings (SSSR count). The van der Waals surface area contributed by atoms with Gasteiger partial charge in [0.25, 0.3) is 0 Å². The highest BCUT2D eigenvalue weighted by atomic mass is 16.7. The van der Waals surface area contributed by atoms with Crippen molar-refractivity contribution >= 4 is 11.9 Å². The van der Waals surface area contributed by atoms with Crippen LogP contribution in [0.4, 0.5) is 0 Å². The fourth-order valence-corrected chi connectivity index (χ4v) is 7.33. The van der Waals surface area contributed by atoms with E-state index in [1.165, 1.54) is 0 Å². The van der Waals surface area contributed by atoms with Crippen LogP contribution in [-0.2, 0) is 38.0 Å². The molecule has 2 heterocycles. The van der Waals surface area contributed by atoms with Gasteiger partial charge in [0.2, 0.25) is 0 Å². The molecule has 0 spiro atoms. The highest BCUT2D eigenvalue weighted by Crippen LogP contribution is 2.26. The predicted molar refractivity (Wildman–Crippen MR) is 288 cm³/mol. The zero-order valence-electron chi connectivity index (χ0n) is 44.0. The van der Waals surface area contributed by atoms with Crippen LogP contribution in [0.3, 0.4) is 0 Å². The van der Waals surface area contributed by atoms with Gasteiger partial charge in [-0.2, -0.15) is 0 Å². The first-order valence-corrected chi connectivity index (χ1v) is 26.8. The Balaban J connectivity index is 1.85. The van der Waals surface area contributed by atoms with E-state index in [2.05, 4.69) is 135 Å². The lowest BCUT2D eigenvalue weighted by molar-refractivity contribution is -0.332. The number of aliphatic hydroxyl groups excluding tert-OH is 7. The maximum atomic E-state index is 13.0. The fourth-order valence-electron chi connectivity index (χ4n) is 7.33. The molecule has 0 radical (unpaired) electrons. The van der Waals surface area contributed by atoms with E-state index in [4.69, 9.17) is 28.4 Å². The summed E-state index contributed by atoms with van der Waals surface area (Å²) in [5, 5.41) is 72.2. The van der Waals surface area contributed by atoms with Crippen LogP contribution in [0.2, 0.25) is 0 Å². The maximum absolute atomic E-state index is 13.0. The maximum Gasteiger partial charge on any atom is 0.306 e. The largest absolute Gasteiger partial charge is 0.462 e. The summed E-state index contributed by atoms with van der Waals surface area (Å²) in [6.45, 7) is 2.22. The molecular formula is C59H90O15. The summed E-state index contributed by atoms with van der Waals surface area (Å²) in [6.07, 6.45) is 43.4. The predicted octanol–water partition coefficient (Wildman–Crippen LogP) is 8.26. The molecule has 2 aliphatic rings. The van der Waals surface area contributed by atoms with E-state index >= 15 is 0 Å². The topological polar surface area (TPSA) is 231 Å². The number of rotatable bonds is 39. The van der Waals surface area contributed by atoms with Crippen molar-refractivity contribution in [3.8, 4) is 0 Å². The normalized spacial score (nSPS) is 25.7. The van der Waals surface area contributed by atoms with Gasteiger partial charge in [0.15, 0.2) is 18.7 Å². The minimum absolute atomic E-state index is 0.0756. The summed E-state index contributed by atoms with van der Waals surface area (Å²) in [5.41, 5.74) is 0. The van der Waals surface area contributed by atoms with Gasteiger partial charge >= 0.3 is 11.9 Å². The number of hydrogen-bond donors (Lipinski definition) is 7. The summed E-state index contributed by atoms with van der Waals surface area (Å²) >= 11 is 0. The number of aliphatic hydroxyl groups is 7. The van der Waals surface area contributed by atoms with E-state index in [0.29, 0.717) is 19.3 Å². The van der Waals surface area contributed by atoms with Crippen LogP contribution >= 0.6 is 0 Å². The third-order valence-corrected chi connectivity index (χ3v) is 11.6. The molecule has 0 aromatic heterocycles. The molecule has 0 amide bonds. The lowest BCUT2D eigenvalue weighted by atomic mass is 9.98. The second kappa shape index (κ2) is 43.8. The molecule has 11 atom stereocenters. The van der Waals surface area contributed by atoms with E-state index in [1.807, 2.05) is 12.2 Å². The molecule has 0 aromatic rings. The first-order valence-electron chi connectivity index (χ1n) is 26.8. The van der Waals surface area contributed by atoms with Gasteiger partial charge in [0, 0.05) is 12.8 Å². The van der Waals surface area contributed by atoms with E-state index in [-0.39, 0.29) is 19.4 Å². The number of unbranched alkanes of at least 4 members (excludes halogenated alkanes) is 3. The third kappa shape index (κ3) is 30.9. The zero-order chi connectivity index (χ0) is 53.9. The lowest BCUT2D eigenvalue weighted by Gasteiger charge is -2.42. The first kappa shape index (κ1) is 65.8. The van der Waals surface area contributed by atoms with Crippen LogP contribution in [0.15, 0.2) is 134 Å². The van der Waals surface area contributed by atoms with Crippen molar-refractivity contribution in [1.82, 2.24) is 0 Å². The van der Waals surface area contributed by atoms with Gasteiger partial charge in [-0.05, 0) is 96.3 Å². The number of allylic oxidation sites excluding steroid dienone is 22. The molecule has 4 unspecified atom stereocenters. The standard InChI is InChI=1S/C59H90O15/c1-3-5-7-9-11-13-15-17-19-21-23-25-27-29-31-33-35-37-39-41-50(61)69-44-47(72-51(62)42-40-38-36-34-32-30-28-26-24-22-20-18-16-14-12-10-8-6-4-2)45-70-58-57(68)55(66)53(64)49(74-58)46-71-59-56(67)54(65)52(63)48(43-60)73-59/h5-8,11-14,17-20,23-26,29-32,35,37,47-49,52-60,63-68H,3-4,9-10,15-16,21-22,27-28,33-34,36,38-46H2,1-2H3/b7-5+,8-6+,13-11+,14-12+,19-17+,20-18+,25-23+,26-24+,31-29+,32-30+,37-35+/t47-,48+,49+,52-,53-,54?,55?,56?,57?,58+,59+/m0/s1. The number of carbonyl (C=O) groups excluding carboxylic acids is 2. The molecule has 2 aliphatic heterocycles. The summed E-state index contributed by atoms with van der Waals surface area (Å²) in [4.78, 5) is 25.8. The van der Waals surface area contributed by atoms with Crippen molar-refractivity contribution in [2.75, 3.05) is 26.4 Å². The molecule has 15 nitrogen and oxygen atoms in total. The highest BCUT2D eigenvalue weighted by molar-refractivity contribution is 5.70. The van der Waals surface area contributed by atoms with E-state index in [9.17, 15) is 45.3 Å². The highest BCUT2D eigenvalue weighted by Gasteiger charge is 2.47. The Hall–Kier alpha value is -4.36. The smallest absolute Gasteiger partial charge is 0.306 e. The molecule has 2 saturated heterocycles. The lowest BCUT2D eigenvalue weighted by Crippen LogP contribution is -2.61. The fraction of sp³-hybridized carbons (Fsp3) is 0.593. The zero-order valence-corrected chi connectivity index (χ0v) is 44.0. The van der Waals surface area contributed by atoms with Crippen molar-refractivity contribution in [3.63, 3.8) is 0 Å². The van der Waals surface area contributed by atoms with Crippen molar-refractivity contribution < 1.29 is 73.8 Å². The quantitative estimate of drug-likeness (QED) is 0.0175. The van der Waals surface area contributed by atoms with Crippen LogP contribution in [0.25, 0.3) is 0 Å². The van der Waals surface area contributed by atoms with Gasteiger partial charge in [-0.3, -0.25) is 9.59 Å². The molecule has 2 fully saturated rings. The minimum atomic E-state index is -1.79. The number of carbonyl (C=O) groups is 2. The summed E-state index contributed by atoms with van der Waals surface area (Å²) < 4.78 is 33.5.